The molecule has 4 heterocycles. The largest absolute Gasteiger partial charge is 0.481 e. The molecule has 4 aromatic rings. The molecule has 176 valence electrons. The Morgan fingerprint density at radius 2 is 1.79 bits per heavy atom. The Labute approximate surface area is 197 Å². The lowest BCUT2D eigenvalue weighted by Gasteiger charge is -2.40. The van der Waals surface area contributed by atoms with Crippen molar-refractivity contribution in [3.8, 4) is 11.6 Å². The standard InChI is InChI=1S/C23H24N6O4S/c1-33-20-7-4-18(15-24-20)26-23-25-14-17-8-9-29(21(17)27-23)19-5-2-16(3-6-19)22(30)28-10-12-34(31,32)13-11-28/h2-9,14-15,31-32H,10-13H2,1H3,(H,25,26,27). The van der Waals surface area contributed by atoms with Crippen molar-refractivity contribution in [2.24, 2.45) is 0 Å². The van der Waals surface area contributed by atoms with Crippen molar-refractivity contribution >= 4 is 39.2 Å². The third kappa shape index (κ3) is 4.53. The van der Waals surface area contributed by atoms with Crippen LogP contribution in [-0.4, -0.2) is 71.1 Å². The molecule has 1 saturated heterocycles. The Balaban J connectivity index is 1.35. The molecule has 0 radical (unpaired) electrons. The molecule has 0 unspecified atom stereocenters. The Hall–Kier alpha value is -3.67. The highest BCUT2D eigenvalue weighted by Gasteiger charge is 2.26. The lowest BCUT2D eigenvalue weighted by molar-refractivity contribution is 0.0768. The van der Waals surface area contributed by atoms with E-state index in [9.17, 15) is 13.9 Å². The number of nitrogens with one attached hydrogen (secondary N) is 1. The first-order valence-electron chi connectivity index (χ1n) is 10.7. The number of fused-ring (bicyclic) bond motifs is 1. The van der Waals surface area contributed by atoms with Gasteiger partial charge < -0.3 is 19.5 Å². The molecule has 1 amide bonds. The van der Waals surface area contributed by atoms with Gasteiger partial charge in [0.1, 0.15) is 5.65 Å². The number of anilines is 2. The fraction of sp³-hybridized carbons (Fsp3) is 0.217. The number of hydrogen-bond donors (Lipinski definition) is 3. The number of aromatic nitrogens is 4. The lowest BCUT2D eigenvalue weighted by Crippen LogP contribution is -2.42. The molecular formula is C23H24N6O4S. The van der Waals surface area contributed by atoms with E-state index in [0.29, 0.717) is 30.5 Å². The molecule has 0 atom stereocenters. The number of rotatable bonds is 5. The first-order chi connectivity index (χ1) is 16.4. The summed E-state index contributed by atoms with van der Waals surface area (Å²) in [6, 6.07) is 12.8. The topological polar surface area (TPSA) is 126 Å². The quantitative estimate of drug-likeness (QED) is 0.394. The number of benzene rings is 1. The highest BCUT2D eigenvalue weighted by molar-refractivity contribution is 8.24. The van der Waals surface area contributed by atoms with Gasteiger partial charge in [-0.3, -0.25) is 13.9 Å². The van der Waals surface area contributed by atoms with Crippen molar-refractivity contribution in [1.82, 2.24) is 24.4 Å². The molecule has 1 aliphatic rings. The smallest absolute Gasteiger partial charge is 0.253 e. The molecule has 1 aromatic carbocycles. The maximum absolute atomic E-state index is 12.8. The summed E-state index contributed by atoms with van der Waals surface area (Å²) < 4.78 is 26.6. The number of nitrogens with zero attached hydrogens (tertiary/aromatic N) is 5. The van der Waals surface area contributed by atoms with Crippen molar-refractivity contribution < 1.29 is 18.6 Å². The second-order valence-electron chi connectivity index (χ2n) is 7.92. The molecule has 0 saturated carbocycles. The zero-order chi connectivity index (χ0) is 23.7. The van der Waals surface area contributed by atoms with E-state index in [2.05, 4.69) is 20.3 Å². The van der Waals surface area contributed by atoms with E-state index in [1.807, 2.05) is 35.0 Å². The average Bonchev–Trinajstić information content (AvgIpc) is 3.27. The molecule has 10 nitrogen and oxygen atoms in total. The minimum absolute atomic E-state index is 0.110. The Morgan fingerprint density at radius 3 is 2.47 bits per heavy atom. The van der Waals surface area contributed by atoms with Crippen LogP contribution in [0.15, 0.2) is 61.1 Å². The van der Waals surface area contributed by atoms with Crippen LogP contribution in [0.1, 0.15) is 10.4 Å². The van der Waals surface area contributed by atoms with Gasteiger partial charge in [0, 0.05) is 48.2 Å². The molecule has 0 spiro atoms. The molecule has 3 N–H and O–H groups in total. The number of carbonyl (C=O) groups excluding carboxylic acids is 1. The predicted octanol–water partition coefficient (Wildman–Crippen LogP) is 3.77. The zero-order valence-electron chi connectivity index (χ0n) is 18.5. The maximum Gasteiger partial charge on any atom is 0.253 e. The van der Waals surface area contributed by atoms with Gasteiger partial charge in [-0.25, -0.2) is 9.97 Å². The summed E-state index contributed by atoms with van der Waals surface area (Å²) in [7, 11) is -0.975. The molecule has 1 aliphatic heterocycles. The van der Waals surface area contributed by atoms with E-state index in [1.54, 1.807) is 42.6 Å². The van der Waals surface area contributed by atoms with E-state index >= 15 is 0 Å². The van der Waals surface area contributed by atoms with Crippen LogP contribution >= 0.6 is 10.6 Å². The molecule has 11 heteroatoms. The van der Waals surface area contributed by atoms with Crippen molar-refractivity contribution in [2.45, 2.75) is 0 Å². The van der Waals surface area contributed by atoms with Gasteiger partial charge in [0.2, 0.25) is 11.8 Å². The molecule has 34 heavy (non-hydrogen) atoms. The minimum atomic E-state index is -2.54. The number of pyridine rings is 1. The van der Waals surface area contributed by atoms with E-state index in [0.717, 1.165) is 22.4 Å². The normalized spacial score (nSPS) is 16.3. The van der Waals surface area contributed by atoms with Crippen LogP contribution in [0.5, 0.6) is 5.88 Å². The zero-order valence-corrected chi connectivity index (χ0v) is 19.3. The summed E-state index contributed by atoms with van der Waals surface area (Å²) >= 11 is 0. The molecule has 0 bridgehead atoms. The molecule has 1 fully saturated rings. The highest BCUT2D eigenvalue weighted by Crippen LogP contribution is 2.40. The van der Waals surface area contributed by atoms with Crippen LogP contribution in [0.3, 0.4) is 0 Å². The first kappa shape index (κ1) is 22.1. The SMILES string of the molecule is COc1ccc(Nc2ncc3ccn(-c4ccc(C(=O)N5CCS(O)(O)CC5)cc4)c3n2)cn1. The molecule has 0 aliphatic carbocycles. The Morgan fingerprint density at radius 1 is 1.03 bits per heavy atom. The Bertz CT molecular complexity index is 1310. The molecular weight excluding hydrogens is 456 g/mol. The third-order valence-corrected chi connectivity index (χ3v) is 7.36. The van der Waals surface area contributed by atoms with Crippen molar-refractivity contribution in [3.63, 3.8) is 0 Å². The van der Waals surface area contributed by atoms with Crippen molar-refractivity contribution in [2.75, 3.05) is 37.0 Å². The van der Waals surface area contributed by atoms with Gasteiger partial charge in [-0.2, -0.15) is 15.6 Å². The van der Waals surface area contributed by atoms with Crippen molar-refractivity contribution in [1.29, 1.82) is 0 Å². The van der Waals surface area contributed by atoms with Crippen LogP contribution in [0, 0.1) is 0 Å². The summed E-state index contributed by atoms with van der Waals surface area (Å²) in [4.78, 5) is 27.7. The van der Waals surface area contributed by atoms with Gasteiger partial charge in [-0.15, -0.1) is 0 Å². The first-order valence-corrected chi connectivity index (χ1v) is 12.5. The fourth-order valence-corrected chi connectivity index (χ4v) is 5.00. The second-order valence-corrected chi connectivity index (χ2v) is 10.3. The van der Waals surface area contributed by atoms with E-state index < -0.39 is 10.6 Å². The number of hydrogen-bond acceptors (Lipinski definition) is 8. The summed E-state index contributed by atoms with van der Waals surface area (Å²) in [5.74, 6) is 1.31. The maximum atomic E-state index is 12.8. The third-order valence-electron chi connectivity index (χ3n) is 5.68. The van der Waals surface area contributed by atoms with Gasteiger partial charge in [-0.1, -0.05) is 0 Å². The van der Waals surface area contributed by atoms with Crippen LogP contribution in [0.2, 0.25) is 0 Å². The molecule has 3 aromatic heterocycles. The summed E-state index contributed by atoms with van der Waals surface area (Å²) in [6.45, 7) is 0.698. The van der Waals surface area contributed by atoms with Crippen LogP contribution in [-0.2, 0) is 0 Å². The number of methoxy groups -OCH3 is 1. The highest BCUT2D eigenvalue weighted by atomic mass is 32.3. The average molecular weight is 481 g/mol. The Kier molecular flexibility index (Phi) is 5.82. The summed E-state index contributed by atoms with van der Waals surface area (Å²) in [5, 5.41) is 4.02. The lowest BCUT2D eigenvalue weighted by atomic mass is 10.1. The van der Waals surface area contributed by atoms with E-state index in [1.165, 1.54) is 0 Å². The van der Waals surface area contributed by atoms with Crippen LogP contribution < -0.4 is 10.1 Å². The predicted molar refractivity (Wildman–Crippen MR) is 131 cm³/mol. The molecule has 5 rings (SSSR count). The van der Waals surface area contributed by atoms with Gasteiger partial charge >= 0.3 is 0 Å². The van der Waals surface area contributed by atoms with Gasteiger partial charge in [0.25, 0.3) is 5.91 Å². The van der Waals surface area contributed by atoms with Crippen molar-refractivity contribution in [3.05, 3.63) is 66.6 Å². The van der Waals surface area contributed by atoms with E-state index in [-0.39, 0.29) is 17.4 Å². The summed E-state index contributed by atoms with van der Waals surface area (Å²) in [5.41, 5.74) is 2.87. The van der Waals surface area contributed by atoms with Gasteiger partial charge in [0.15, 0.2) is 0 Å². The minimum Gasteiger partial charge on any atom is -0.481 e. The second kappa shape index (κ2) is 8.93. The number of ether oxygens (including phenoxy) is 1. The van der Waals surface area contributed by atoms with Crippen LogP contribution in [0.25, 0.3) is 16.7 Å². The van der Waals surface area contributed by atoms with Gasteiger partial charge in [-0.05, 0) is 36.4 Å². The number of amides is 1. The summed E-state index contributed by atoms with van der Waals surface area (Å²) in [6.07, 6.45) is 5.30. The number of carbonyl (C=O) groups is 1. The van der Waals surface area contributed by atoms with E-state index in [4.69, 9.17) is 4.74 Å². The fourth-order valence-electron chi connectivity index (χ4n) is 3.77. The monoisotopic (exact) mass is 480 g/mol. The van der Waals surface area contributed by atoms with Crippen LogP contribution in [0.4, 0.5) is 11.6 Å². The van der Waals surface area contributed by atoms with Gasteiger partial charge in [0.05, 0.1) is 30.5 Å².